The van der Waals surface area contributed by atoms with E-state index in [9.17, 15) is 15.3 Å². The molecular weight excluding hydrogens is 290 g/mol. The Kier molecular flexibility index (Phi) is 2.89. The number of fused-ring (bicyclic) bond motifs is 1. The van der Waals surface area contributed by atoms with Crippen LogP contribution in [0.2, 0.25) is 0 Å². The lowest BCUT2D eigenvalue weighted by Crippen LogP contribution is -2.57. The molecule has 1 spiro atoms. The first kappa shape index (κ1) is 13.8. The van der Waals surface area contributed by atoms with Crippen LogP contribution < -0.4 is 5.73 Å². The van der Waals surface area contributed by atoms with E-state index in [0.717, 1.165) is 6.42 Å². The first-order valence-electron chi connectivity index (χ1n) is 7.16. The number of rotatable bonds is 2. The zero-order chi connectivity index (χ0) is 15.5. The molecule has 1 saturated heterocycles. The zero-order valence-corrected chi connectivity index (χ0v) is 11.7. The summed E-state index contributed by atoms with van der Waals surface area (Å²) in [5.41, 5.74) is 5.69. The van der Waals surface area contributed by atoms with Gasteiger partial charge in [0.05, 0.1) is 6.33 Å². The molecule has 0 aromatic carbocycles. The van der Waals surface area contributed by atoms with Gasteiger partial charge in [0.1, 0.15) is 29.7 Å². The summed E-state index contributed by atoms with van der Waals surface area (Å²) in [4.78, 5) is 12.1. The van der Waals surface area contributed by atoms with Gasteiger partial charge in [-0.2, -0.15) is 0 Å². The van der Waals surface area contributed by atoms with Gasteiger partial charge in [-0.1, -0.05) is 0 Å². The lowest BCUT2D eigenvalue weighted by molar-refractivity contribution is -0.194. The minimum absolute atomic E-state index is 0.0870. The summed E-state index contributed by atoms with van der Waals surface area (Å²) in [7, 11) is 0. The second kappa shape index (κ2) is 4.59. The summed E-state index contributed by atoms with van der Waals surface area (Å²) >= 11 is 0. The molecule has 22 heavy (non-hydrogen) atoms. The number of aromatic nitrogens is 4. The normalized spacial score (nSPS) is 37.8. The van der Waals surface area contributed by atoms with Gasteiger partial charge in [0, 0.05) is 12.5 Å². The minimum atomic E-state index is -1.14. The van der Waals surface area contributed by atoms with Gasteiger partial charge in [-0.25, -0.2) is 15.0 Å². The number of nitrogens with zero attached hydrogens (tertiary/aromatic N) is 4. The van der Waals surface area contributed by atoms with E-state index in [2.05, 4.69) is 15.0 Å². The lowest BCUT2D eigenvalue weighted by atomic mass is 9.66. The Morgan fingerprint density at radius 1 is 1.36 bits per heavy atom. The smallest absolute Gasteiger partial charge is 0.167 e. The molecule has 0 radical (unpaired) electrons. The van der Waals surface area contributed by atoms with Crippen molar-refractivity contribution in [1.29, 1.82) is 0 Å². The number of aliphatic hydroxyl groups excluding tert-OH is 3. The minimum Gasteiger partial charge on any atom is -0.396 e. The molecule has 1 aliphatic heterocycles. The van der Waals surface area contributed by atoms with Crippen molar-refractivity contribution in [3.63, 3.8) is 0 Å². The second-order valence-electron chi connectivity index (χ2n) is 5.90. The number of aliphatic hydroxyl groups is 3. The molecule has 9 nitrogen and oxygen atoms in total. The summed E-state index contributed by atoms with van der Waals surface area (Å²) in [5, 5.41) is 30.2. The van der Waals surface area contributed by atoms with Crippen molar-refractivity contribution in [2.24, 2.45) is 5.92 Å². The molecule has 2 aliphatic rings. The van der Waals surface area contributed by atoms with Crippen molar-refractivity contribution in [2.45, 2.75) is 36.9 Å². The highest BCUT2D eigenvalue weighted by molar-refractivity contribution is 5.81. The molecule has 0 unspecified atom stereocenters. The summed E-state index contributed by atoms with van der Waals surface area (Å²) < 4.78 is 7.51. The maximum absolute atomic E-state index is 10.4. The van der Waals surface area contributed by atoms with Gasteiger partial charge in [-0.3, -0.25) is 4.57 Å². The Labute approximate surface area is 125 Å². The summed E-state index contributed by atoms with van der Waals surface area (Å²) in [6.07, 6.45) is 1.08. The van der Waals surface area contributed by atoms with Crippen LogP contribution in [0.15, 0.2) is 12.7 Å². The van der Waals surface area contributed by atoms with Crippen LogP contribution in [0.25, 0.3) is 11.2 Å². The molecule has 2 aromatic rings. The van der Waals surface area contributed by atoms with Crippen LogP contribution in [-0.4, -0.2) is 59.3 Å². The molecule has 1 saturated carbocycles. The first-order valence-corrected chi connectivity index (χ1v) is 7.16. The number of imidazole rings is 1. The van der Waals surface area contributed by atoms with Gasteiger partial charge in [-0.15, -0.1) is 0 Å². The van der Waals surface area contributed by atoms with Crippen LogP contribution in [0.3, 0.4) is 0 Å². The number of nitrogens with two attached hydrogens (primary N) is 1. The molecule has 0 amide bonds. The highest BCUT2D eigenvalue weighted by Gasteiger charge is 2.62. The highest BCUT2D eigenvalue weighted by Crippen LogP contribution is 2.52. The van der Waals surface area contributed by atoms with E-state index < -0.39 is 24.0 Å². The first-order chi connectivity index (χ1) is 10.6. The Hall–Kier alpha value is -1.81. The molecule has 2 aromatic heterocycles. The van der Waals surface area contributed by atoms with E-state index in [1.165, 1.54) is 12.7 Å². The van der Waals surface area contributed by atoms with Crippen molar-refractivity contribution in [2.75, 3.05) is 12.3 Å². The van der Waals surface area contributed by atoms with E-state index >= 15 is 0 Å². The number of ether oxygens (including phenoxy) is 1. The highest BCUT2D eigenvalue weighted by atomic mass is 16.6. The molecule has 2 fully saturated rings. The van der Waals surface area contributed by atoms with Crippen LogP contribution in [-0.2, 0) is 4.74 Å². The third-order valence-electron chi connectivity index (χ3n) is 4.91. The number of hydrogen-bond acceptors (Lipinski definition) is 8. The quantitative estimate of drug-likeness (QED) is 0.542. The molecule has 0 bridgehead atoms. The fraction of sp³-hybridized carbons (Fsp3) is 0.615. The van der Waals surface area contributed by atoms with Crippen molar-refractivity contribution in [1.82, 2.24) is 19.5 Å². The monoisotopic (exact) mass is 307 g/mol. The van der Waals surface area contributed by atoms with Crippen molar-refractivity contribution in [3.8, 4) is 0 Å². The number of anilines is 1. The Morgan fingerprint density at radius 2 is 2.18 bits per heavy atom. The molecular formula is C13H17N5O4. The molecule has 9 heteroatoms. The number of nitrogen functional groups attached to an aromatic ring is 1. The average molecular weight is 307 g/mol. The van der Waals surface area contributed by atoms with E-state index in [1.54, 1.807) is 4.57 Å². The van der Waals surface area contributed by atoms with Gasteiger partial charge < -0.3 is 25.8 Å². The molecule has 5 atom stereocenters. The maximum atomic E-state index is 10.4. The molecule has 1 aliphatic carbocycles. The van der Waals surface area contributed by atoms with Gasteiger partial charge in [0.25, 0.3) is 0 Å². The average Bonchev–Trinajstić information content (AvgIpc) is 3.02. The van der Waals surface area contributed by atoms with Crippen LogP contribution in [0, 0.1) is 5.92 Å². The van der Waals surface area contributed by atoms with Crippen molar-refractivity contribution >= 4 is 17.0 Å². The van der Waals surface area contributed by atoms with Gasteiger partial charge in [0.2, 0.25) is 0 Å². The van der Waals surface area contributed by atoms with E-state index in [4.69, 9.17) is 10.5 Å². The Morgan fingerprint density at radius 3 is 2.86 bits per heavy atom. The van der Waals surface area contributed by atoms with E-state index in [-0.39, 0.29) is 18.3 Å². The van der Waals surface area contributed by atoms with Crippen LogP contribution in [0.5, 0.6) is 0 Å². The predicted octanol–water partition coefficient (Wildman–Crippen LogP) is -1.20. The summed E-state index contributed by atoms with van der Waals surface area (Å²) in [6, 6.07) is 0. The van der Waals surface area contributed by atoms with Crippen LogP contribution >= 0.6 is 0 Å². The Bertz CT molecular complexity index is 720. The maximum Gasteiger partial charge on any atom is 0.167 e. The Balaban J connectivity index is 1.75. The van der Waals surface area contributed by atoms with Crippen LogP contribution in [0.4, 0.5) is 5.82 Å². The van der Waals surface area contributed by atoms with Gasteiger partial charge in [-0.05, 0) is 12.8 Å². The SMILES string of the molecule is Nc1ncnc2c1ncn2[C@@H]1O[C@@]2(CC[C@H]2CO)[C@@H](O)[C@H]1O. The van der Waals surface area contributed by atoms with Gasteiger partial charge >= 0.3 is 0 Å². The molecule has 118 valence electrons. The van der Waals surface area contributed by atoms with Gasteiger partial charge in [0.15, 0.2) is 17.7 Å². The summed E-state index contributed by atoms with van der Waals surface area (Å²) in [6.45, 7) is -0.0870. The third-order valence-corrected chi connectivity index (χ3v) is 4.91. The lowest BCUT2D eigenvalue weighted by Gasteiger charge is -2.47. The molecule has 4 rings (SSSR count). The zero-order valence-electron chi connectivity index (χ0n) is 11.7. The largest absolute Gasteiger partial charge is 0.396 e. The third kappa shape index (κ3) is 1.59. The van der Waals surface area contributed by atoms with E-state index in [1.807, 2.05) is 0 Å². The number of hydrogen-bond donors (Lipinski definition) is 4. The topological polar surface area (TPSA) is 140 Å². The molecule has 5 N–H and O–H groups in total. The van der Waals surface area contributed by atoms with Crippen molar-refractivity contribution < 1.29 is 20.1 Å². The van der Waals surface area contributed by atoms with E-state index in [0.29, 0.717) is 17.6 Å². The van der Waals surface area contributed by atoms with Crippen LogP contribution in [0.1, 0.15) is 19.1 Å². The van der Waals surface area contributed by atoms with Crippen molar-refractivity contribution in [3.05, 3.63) is 12.7 Å². The predicted molar refractivity (Wildman–Crippen MR) is 74.4 cm³/mol. The fourth-order valence-corrected chi connectivity index (χ4v) is 3.51. The second-order valence-corrected chi connectivity index (χ2v) is 5.90. The summed E-state index contributed by atoms with van der Waals surface area (Å²) in [5.74, 6) is 0.0556. The fourth-order valence-electron chi connectivity index (χ4n) is 3.51. The molecule has 3 heterocycles. The standard InChI is InChI=1S/C13H17N5O4/c14-10-7-11(16-4-15-10)18(5-17-7)12-8(20)9(21)13(22-12)2-1-6(13)3-19/h4-6,8-9,12,19-21H,1-3H2,(H2,14,15,16)/t6-,8+,9-,12+,13+/m0/s1.